The first-order chi connectivity index (χ1) is 9.20. The number of likely N-dealkylation sites (N-methyl/N-ethyl adjacent to an activating group) is 1. The minimum atomic E-state index is -3.55. The van der Waals surface area contributed by atoms with Gasteiger partial charge in [0.15, 0.2) is 0 Å². The Morgan fingerprint density at radius 3 is 2.35 bits per heavy atom. The molecule has 1 amide bonds. The van der Waals surface area contributed by atoms with E-state index in [-0.39, 0.29) is 11.4 Å². The summed E-state index contributed by atoms with van der Waals surface area (Å²) in [6.07, 6.45) is 0. The zero-order valence-electron chi connectivity index (χ0n) is 11.8. The van der Waals surface area contributed by atoms with E-state index >= 15 is 0 Å². The summed E-state index contributed by atoms with van der Waals surface area (Å²) >= 11 is 0. The number of sulfonamides is 1. The van der Waals surface area contributed by atoms with Gasteiger partial charge in [0.25, 0.3) is 0 Å². The fraction of sp³-hybridized carbons (Fsp3) is 0.417. The number of benzene rings is 1. The molecular formula is C12H20N4O3S. The van der Waals surface area contributed by atoms with Crippen LogP contribution in [0.2, 0.25) is 0 Å². The maximum atomic E-state index is 12.1. The molecule has 0 aromatic heterocycles. The third-order valence-electron chi connectivity index (χ3n) is 2.85. The number of carbonyl (C=O) groups is 1. The molecule has 1 rings (SSSR count). The molecule has 4 N–H and O–H groups in total. The van der Waals surface area contributed by atoms with E-state index in [1.165, 1.54) is 32.3 Å². The highest BCUT2D eigenvalue weighted by molar-refractivity contribution is 7.89. The van der Waals surface area contributed by atoms with Crippen LogP contribution in [0.3, 0.4) is 0 Å². The van der Waals surface area contributed by atoms with Crippen LogP contribution < -0.4 is 16.4 Å². The molecule has 0 aliphatic carbocycles. The maximum absolute atomic E-state index is 12.1. The van der Waals surface area contributed by atoms with Crippen LogP contribution in [0.4, 0.5) is 11.4 Å². The first-order valence-corrected chi connectivity index (χ1v) is 7.49. The number of hydrogen-bond acceptors (Lipinski definition) is 5. The zero-order valence-corrected chi connectivity index (χ0v) is 12.6. The lowest BCUT2D eigenvalue weighted by Crippen LogP contribution is -2.34. The Morgan fingerprint density at radius 1 is 1.30 bits per heavy atom. The summed E-state index contributed by atoms with van der Waals surface area (Å²) in [4.78, 5) is 12.8. The highest BCUT2D eigenvalue weighted by Gasteiger charge is 2.20. The predicted molar refractivity (Wildman–Crippen MR) is 78.8 cm³/mol. The fourth-order valence-corrected chi connectivity index (χ4v) is 2.65. The van der Waals surface area contributed by atoms with Crippen molar-refractivity contribution in [2.24, 2.45) is 5.73 Å². The van der Waals surface area contributed by atoms with Gasteiger partial charge < -0.3 is 16.4 Å². The average Bonchev–Trinajstić information content (AvgIpc) is 2.36. The van der Waals surface area contributed by atoms with Crippen molar-refractivity contribution in [2.75, 3.05) is 37.8 Å². The van der Waals surface area contributed by atoms with Crippen molar-refractivity contribution in [3.8, 4) is 0 Å². The fourth-order valence-electron chi connectivity index (χ4n) is 1.72. The quantitative estimate of drug-likeness (QED) is 0.709. The normalized spacial score (nSPS) is 11.6. The first kappa shape index (κ1) is 16.3. The second-order valence-corrected chi connectivity index (χ2v) is 6.64. The van der Waals surface area contributed by atoms with Gasteiger partial charge in [0, 0.05) is 20.6 Å². The lowest BCUT2D eigenvalue weighted by Gasteiger charge is -2.24. The molecule has 0 saturated heterocycles. The average molecular weight is 300 g/mol. The Morgan fingerprint density at radius 2 is 1.90 bits per heavy atom. The molecule has 1 aromatic carbocycles. The first-order valence-electron chi connectivity index (χ1n) is 6.05. The highest BCUT2D eigenvalue weighted by Crippen LogP contribution is 2.27. The summed E-state index contributed by atoms with van der Waals surface area (Å²) in [5.41, 5.74) is 11.9. The van der Waals surface area contributed by atoms with Crippen LogP contribution in [0.1, 0.15) is 6.92 Å². The van der Waals surface area contributed by atoms with Crippen molar-refractivity contribution in [3.05, 3.63) is 18.2 Å². The van der Waals surface area contributed by atoms with E-state index in [2.05, 4.69) is 0 Å². The molecule has 8 heteroatoms. The number of rotatable bonds is 6. The van der Waals surface area contributed by atoms with Crippen LogP contribution in [0.5, 0.6) is 0 Å². The SMILES string of the molecule is CCN(CC(N)=O)c1cc(S(=O)(=O)N(C)C)ccc1N. The summed E-state index contributed by atoms with van der Waals surface area (Å²) in [5.74, 6) is -0.507. The number of amides is 1. The van der Waals surface area contributed by atoms with Crippen molar-refractivity contribution in [1.29, 1.82) is 0 Å². The van der Waals surface area contributed by atoms with Crippen LogP contribution in [-0.4, -0.2) is 45.8 Å². The summed E-state index contributed by atoms with van der Waals surface area (Å²) in [5, 5.41) is 0. The molecule has 0 atom stereocenters. The number of nitrogens with two attached hydrogens (primary N) is 2. The molecule has 7 nitrogen and oxygen atoms in total. The lowest BCUT2D eigenvalue weighted by molar-refractivity contribution is -0.116. The van der Waals surface area contributed by atoms with Gasteiger partial charge in [0.1, 0.15) is 0 Å². The van der Waals surface area contributed by atoms with E-state index in [1.54, 1.807) is 4.90 Å². The molecule has 0 fully saturated rings. The zero-order chi connectivity index (χ0) is 15.5. The minimum Gasteiger partial charge on any atom is -0.397 e. The number of nitrogen functional groups attached to an aromatic ring is 1. The number of hydrogen-bond donors (Lipinski definition) is 2. The van der Waals surface area contributed by atoms with E-state index in [9.17, 15) is 13.2 Å². The molecule has 112 valence electrons. The van der Waals surface area contributed by atoms with Crippen molar-refractivity contribution in [1.82, 2.24) is 4.31 Å². The molecule has 0 spiro atoms. The summed E-state index contributed by atoms with van der Waals surface area (Å²) in [6, 6.07) is 4.40. The van der Waals surface area contributed by atoms with E-state index < -0.39 is 15.9 Å². The van der Waals surface area contributed by atoms with Crippen molar-refractivity contribution < 1.29 is 13.2 Å². The van der Waals surface area contributed by atoms with Gasteiger partial charge >= 0.3 is 0 Å². The van der Waals surface area contributed by atoms with E-state index in [4.69, 9.17) is 11.5 Å². The third-order valence-corrected chi connectivity index (χ3v) is 4.66. The predicted octanol–water partition coefficient (Wildman–Crippen LogP) is -0.169. The summed E-state index contributed by atoms with van der Waals surface area (Å²) in [6.45, 7) is 2.29. The molecule has 0 heterocycles. The number of carbonyl (C=O) groups excluding carboxylic acids is 1. The van der Waals surface area contributed by atoms with Crippen molar-refractivity contribution in [3.63, 3.8) is 0 Å². The van der Waals surface area contributed by atoms with Gasteiger partial charge in [0.2, 0.25) is 15.9 Å². The summed E-state index contributed by atoms with van der Waals surface area (Å²) < 4.78 is 25.3. The van der Waals surface area contributed by atoms with Crippen LogP contribution in [-0.2, 0) is 14.8 Å². The van der Waals surface area contributed by atoms with Crippen LogP contribution in [0.15, 0.2) is 23.1 Å². The van der Waals surface area contributed by atoms with E-state index in [1.807, 2.05) is 6.92 Å². The van der Waals surface area contributed by atoms with Crippen molar-refractivity contribution in [2.45, 2.75) is 11.8 Å². The second kappa shape index (κ2) is 6.10. The van der Waals surface area contributed by atoms with E-state index in [0.717, 1.165) is 4.31 Å². The standard InChI is InChI=1S/C12H20N4O3S/c1-4-16(8-12(14)17)11-7-9(5-6-10(11)13)20(18,19)15(2)3/h5-7H,4,8,13H2,1-3H3,(H2,14,17). The Bertz CT molecular complexity index is 599. The smallest absolute Gasteiger partial charge is 0.242 e. The molecule has 0 unspecified atom stereocenters. The van der Waals surface area contributed by atoms with Gasteiger partial charge in [-0.05, 0) is 25.1 Å². The molecule has 0 saturated carbocycles. The molecule has 20 heavy (non-hydrogen) atoms. The Balaban J connectivity index is 3.31. The van der Waals surface area contributed by atoms with Crippen LogP contribution >= 0.6 is 0 Å². The van der Waals surface area contributed by atoms with Gasteiger partial charge in [-0.1, -0.05) is 0 Å². The van der Waals surface area contributed by atoms with E-state index in [0.29, 0.717) is 17.9 Å². The lowest BCUT2D eigenvalue weighted by atomic mass is 10.2. The molecule has 0 radical (unpaired) electrons. The highest BCUT2D eigenvalue weighted by atomic mass is 32.2. The van der Waals surface area contributed by atoms with Crippen molar-refractivity contribution >= 4 is 27.3 Å². The summed E-state index contributed by atoms with van der Waals surface area (Å²) in [7, 11) is -0.650. The molecule has 1 aromatic rings. The van der Waals surface area contributed by atoms with Gasteiger partial charge in [-0.2, -0.15) is 0 Å². The Kier molecular flexibility index (Phi) is 4.96. The van der Waals surface area contributed by atoms with Gasteiger partial charge in [-0.15, -0.1) is 0 Å². The molecule has 0 aliphatic heterocycles. The number of primary amides is 1. The second-order valence-electron chi connectivity index (χ2n) is 4.49. The molecular weight excluding hydrogens is 280 g/mol. The Hall–Kier alpha value is -1.80. The maximum Gasteiger partial charge on any atom is 0.242 e. The largest absolute Gasteiger partial charge is 0.397 e. The van der Waals surface area contributed by atoms with Gasteiger partial charge in [0.05, 0.1) is 22.8 Å². The van der Waals surface area contributed by atoms with Crippen LogP contribution in [0, 0.1) is 0 Å². The monoisotopic (exact) mass is 300 g/mol. The Labute approximate surface area is 119 Å². The van der Waals surface area contributed by atoms with Gasteiger partial charge in [-0.25, -0.2) is 12.7 Å². The number of anilines is 2. The molecule has 0 aliphatic rings. The third kappa shape index (κ3) is 3.40. The topological polar surface area (TPSA) is 110 Å². The van der Waals surface area contributed by atoms with Crippen LogP contribution in [0.25, 0.3) is 0 Å². The number of nitrogens with zero attached hydrogens (tertiary/aromatic N) is 2. The van der Waals surface area contributed by atoms with Gasteiger partial charge in [-0.3, -0.25) is 4.79 Å². The minimum absolute atomic E-state index is 0.0217. The molecule has 0 bridgehead atoms.